The van der Waals surface area contributed by atoms with Gasteiger partial charge in [-0.05, 0) is 56.5 Å². The lowest BCUT2D eigenvalue weighted by atomic mass is 9.93. The Morgan fingerprint density at radius 2 is 1.96 bits per heavy atom. The first-order chi connectivity index (χ1) is 10.6. The average molecular weight is 344 g/mol. The molecule has 1 heterocycles. The molecule has 23 heavy (non-hydrogen) atoms. The number of hydrogen-bond acceptors (Lipinski definition) is 3. The zero-order valence-corrected chi connectivity index (χ0v) is 13.8. The number of benzene rings is 1. The molecule has 1 saturated heterocycles. The minimum absolute atomic E-state index is 0. The normalized spacial score (nSPS) is 14.7. The molecule has 0 atom stereocenters. The quantitative estimate of drug-likeness (QED) is 0.740. The molecule has 1 fully saturated rings. The van der Waals surface area contributed by atoms with E-state index in [2.05, 4.69) is 16.0 Å². The van der Waals surface area contributed by atoms with E-state index in [1.807, 2.05) is 0 Å². The SMILES string of the molecule is Cl.O=C(CCC1CCNCC1)NCC(=O)Nc1cccc(F)c1. The third-order valence-electron chi connectivity index (χ3n) is 3.79. The van der Waals surface area contributed by atoms with Gasteiger partial charge < -0.3 is 16.0 Å². The molecule has 0 bridgehead atoms. The van der Waals surface area contributed by atoms with Gasteiger partial charge in [0.25, 0.3) is 0 Å². The van der Waals surface area contributed by atoms with Crippen LogP contribution >= 0.6 is 12.4 Å². The fourth-order valence-corrected chi connectivity index (χ4v) is 2.54. The second-order valence-electron chi connectivity index (χ2n) is 5.57. The van der Waals surface area contributed by atoms with Crippen LogP contribution in [0.15, 0.2) is 24.3 Å². The Hall–Kier alpha value is -1.66. The van der Waals surface area contributed by atoms with Gasteiger partial charge in [-0.25, -0.2) is 4.39 Å². The fraction of sp³-hybridized carbons (Fsp3) is 0.500. The van der Waals surface area contributed by atoms with Crippen molar-refractivity contribution in [3.63, 3.8) is 0 Å². The zero-order chi connectivity index (χ0) is 15.8. The second-order valence-corrected chi connectivity index (χ2v) is 5.57. The lowest BCUT2D eigenvalue weighted by Gasteiger charge is -2.22. The van der Waals surface area contributed by atoms with Crippen molar-refractivity contribution in [3.8, 4) is 0 Å². The van der Waals surface area contributed by atoms with Gasteiger partial charge >= 0.3 is 0 Å². The van der Waals surface area contributed by atoms with E-state index in [4.69, 9.17) is 0 Å². The van der Waals surface area contributed by atoms with E-state index < -0.39 is 5.82 Å². The van der Waals surface area contributed by atoms with Crippen molar-refractivity contribution in [2.24, 2.45) is 5.92 Å². The summed E-state index contributed by atoms with van der Waals surface area (Å²) in [6, 6.07) is 5.65. The first-order valence-electron chi connectivity index (χ1n) is 7.66. The van der Waals surface area contributed by atoms with Crippen molar-refractivity contribution >= 4 is 29.9 Å². The maximum atomic E-state index is 13.0. The molecule has 3 N–H and O–H groups in total. The van der Waals surface area contributed by atoms with Gasteiger partial charge in [-0.1, -0.05) is 6.07 Å². The van der Waals surface area contributed by atoms with E-state index in [1.54, 1.807) is 6.07 Å². The summed E-state index contributed by atoms with van der Waals surface area (Å²) in [5.74, 6) is -0.300. The number of piperidine rings is 1. The molecule has 0 aliphatic carbocycles. The number of anilines is 1. The molecule has 1 aromatic carbocycles. The van der Waals surface area contributed by atoms with Gasteiger partial charge in [-0.2, -0.15) is 0 Å². The molecule has 0 aromatic heterocycles. The van der Waals surface area contributed by atoms with Crippen LogP contribution < -0.4 is 16.0 Å². The number of nitrogens with one attached hydrogen (secondary N) is 3. The molecular weight excluding hydrogens is 321 g/mol. The van der Waals surface area contributed by atoms with Crippen molar-refractivity contribution in [1.82, 2.24) is 10.6 Å². The van der Waals surface area contributed by atoms with Crippen LogP contribution in [-0.4, -0.2) is 31.4 Å². The minimum Gasteiger partial charge on any atom is -0.347 e. The standard InChI is InChI=1S/C16H22FN3O2.ClH/c17-13-2-1-3-14(10-13)20-16(22)11-19-15(21)5-4-12-6-8-18-9-7-12;/h1-3,10,12,18H,4-9,11H2,(H,19,21)(H,20,22);1H. The van der Waals surface area contributed by atoms with E-state index in [-0.39, 0.29) is 30.8 Å². The van der Waals surface area contributed by atoms with E-state index in [0.29, 0.717) is 18.0 Å². The van der Waals surface area contributed by atoms with E-state index in [9.17, 15) is 14.0 Å². The van der Waals surface area contributed by atoms with Crippen molar-refractivity contribution < 1.29 is 14.0 Å². The summed E-state index contributed by atoms with van der Waals surface area (Å²) >= 11 is 0. The summed E-state index contributed by atoms with van der Waals surface area (Å²) in [6.07, 6.45) is 3.51. The minimum atomic E-state index is -0.413. The maximum Gasteiger partial charge on any atom is 0.243 e. The lowest BCUT2D eigenvalue weighted by molar-refractivity contribution is -0.124. The van der Waals surface area contributed by atoms with Crippen LogP contribution in [0.4, 0.5) is 10.1 Å². The molecule has 0 spiro atoms. The summed E-state index contributed by atoms with van der Waals surface area (Å²) in [5, 5.41) is 8.43. The number of halogens is 2. The first kappa shape index (κ1) is 19.4. The van der Waals surface area contributed by atoms with Crippen molar-refractivity contribution in [2.75, 3.05) is 25.0 Å². The predicted octanol–water partition coefficient (Wildman–Crippen LogP) is 2.08. The van der Waals surface area contributed by atoms with Crippen LogP contribution in [0.25, 0.3) is 0 Å². The number of carbonyl (C=O) groups is 2. The van der Waals surface area contributed by atoms with Crippen LogP contribution in [0.2, 0.25) is 0 Å². The smallest absolute Gasteiger partial charge is 0.243 e. The molecule has 1 aromatic rings. The Morgan fingerprint density at radius 1 is 1.22 bits per heavy atom. The highest BCUT2D eigenvalue weighted by Gasteiger charge is 2.14. The highest BCUT2D eigenvalue weighted by Crippen LogP contribution is 2.17. The Kier molecular flexibility index (Phi) is 8.58. The van der Waals surface area contributed by atoms with Crippen molar-refractivity contribution in [1.29, 1.82) is 0 Å². The number of carbonyl (C=O) groups excluding carboxylic acids is 2. The lowest BCUT2D eigenvalue weighted by Crippen LogP contribution is -2.33. The van der Waals surface area contributed by atoms with Crippen LogP contribution in [0.3, 0.4) is 0 Å². The Balaban J connectivity index is 0.00000264. The van der Waals surface area contributed by atoms with Gasteiger partial charge in [-0.3, -0.25) is 9.59 Å². The fourth-order valence-electron chi connectivity index (χ4n) is 2.54. The van der Waals surface area contributed by atoms with Gasteiger partial charge in [0.1, 0.15) is 5.82 Å². The van der Waals surface area contributed by atoms with Crippen LogP contribution in [-0.2, 0) is 9.59 Å². The maximum absolute atomic E-state index is 13.0. The zero-order valence-electron chi connectivity index (χ0n) is 12.9. The van der Waals surface area contributed by atoms with Crippen LogP contribution in [0.1, 0.15) is 25.7 Å². The molecule has 128 valence electrons. The van der Waals surface area contributed by atoms with Gasteiger partial charge in [0.15, 0.2) is 0 Å². The molecule has 1 aliphatic heterocycles. The van der Waals surface area contributed by atoms with Crippen molar-refractivity contribution in [2.45, 2.75) is 25.7 Å². The monoisotopic (exact) mass is 343 g/mol. The molecular formula is C16H23ClFN3O2. The van der Waals surface area contributed by atoms with Crippen LogP contribution in [0.5, 0.6) is 0 Å². The third kappa shape index (κ3) is 7.43. The van der Waals surface area contributed by atoms with E-state index in [0.717, 1.165) is 32.4 Å². The molecule has 2 rings (SSSR count). The molecule has 5 nitrogen and oxygen atoms in total. The van der Waals surface area contributed by atoms with E-state index in [1.165, 1.54) is 18.2 Å². The van der Waals surface area contributed by atoms with E-state index >= 15 is 0 Å². The summed E-state index contributed by atoms with van der Waals surface area (Å²) in [5.41, 5.74) is 0.383. The molecule has 0 unspecified atom stereocenters. The average Bonchev–Trinajstić information content (AvgIpc) is 2.52. The van der Waals surface area contributed by atoms with Gasteiger partial charge in [0, 0.05) is 12.1 Å². The van der Waals surface area contributed by atoms with Crippen molar-refractivity contribution in [3.05, 3.63) is 30.1 Å². The number of amides is 2. The Bertz CT molecular complexity index is 522. The summed E-state index contributed by atoms with van der Waals surface area (Å²) in [6.45, 7) is 1.94. The second kappa shape index (κ2) is 10.2. The van der Waals surface area contributed by atoms with Gasteiger partial charge in [0.2, 0.25) is 11.8 Å². The largest absolute Gasteiger partial charge is 0.347 e. The highest BCUT2D eigenvalue weighted by molar-refractivity contribution is 5.94. The summed E-state index contributed by atoms with van der Waals surface area (Å²) in [7, 11) is 0. The molecule has 7 heteroatoms. The summed E-state index contributed by atoms with van der Waals surface area (Å²) < 4.78 is 13.0. The third-order valence-corrected chi connectivity index (χ3v) is 3.79. The van der Waals surface area contributed by atoms with Gasteiger partial charge in [-0.15, -0.1) is 12.4 Å². The number of rotatable bonds is 6. The Labute approximate surface area is 141 Å². The highest BCUT2D eigenvalue weighted by atomic mass is 35.5. The van der Waals surface area contributed by atoms with Gasteiger partial charge in [0.05, 0.1) is 6.54 Å². The predicted molar refractivity (Wildman–Crippen MR) is 90.1 cm³/mol. The molecule has 2 amide bonds. The summed E-state index contributed by atoms with van der Waals surface area (Å²) in [4.78, 5) is 23.4. The number of hydrogen-bond donors (Lipinski definition) is 3. The first-order valence-corrected chi connectivity index (χ1v) is 7.66. The molecule has 1 aliphatic rings. The van der Waals surface area contributed by atoms with Crippen LogP contribution in [0, 0.1) is 11.7 Å². The Morgan fingerprint density at radius 3 is 2.65 bits per heavy atom. The molecule has 0 radical (unpaired) electrons. The molecule has 0 saturated carbocycles. The topological polar surface area (TPSA) is 70.2 Å².